The highest BCUT2D eigenvalue weighted by Gasteiger charge is 2.48. The quantitative estimate of drug-likeness (QED) is 0.228. The molecule has 3 aromatic carbocycles. The lowest BCUT2D eigenvalue weighted by Gasteiger charge is -2.48. The summed E-state index contributed by atoms with van der Waals surface area (Å²) in [6, 6.07) is 7.64. The average molecular weight is 498 g/mol. The second-order valence-corrected chi connectivity index (χ2v) is 8.31. The molecular formula is C28H25F2NO5. The number of β-lactam (4-membered cyclic amide) rings is 1. The molecule has 4 rings (SSSR count). The smallest absolute Gasteiger partial charge is 0.308 e. The summed E-state index contributed by atoms with van der Waals surface area (Å²) in [5.74, 6) is -3.91. The highest BCUT2D eigenvalue weighted by molar-refractivity contribution is 6.03. The molecule has 0 unspecified atom stereocenters. The third kappa shape index (κ3) is 5.59. The molecule has 36 heavy (non-hydrogen) atoms. The Morgan fingerprint density at radius 2 is 1.58 bits per heavy atom. The van der Waals surface area contributed by atoms with Gasteiger partial charge in [-0.05, 0) is 72.4 Å². The summed E-state index contributed by atoms with van der Waals surface area (Å²) < 4.78 is 70.5. The number of ether oxygens (including phenoxy) is 2. The first-order valence-corrected chi connectivity index (χ1v) is 11.2. The first-order chi connectivity index (χ1) is 18.9. The Balaban J connectivity index is 1.71. The number of benzene rings is 3. The van der Waals surface area contributed by atoms with Crippen LogP contribution in [0.4, 0.5) is 14.5 Å². The van der Waals surface area contributed by atoms with E-state index in [0.29, 0.717) is 11.1 Å². The fourth-order valence-corrected chi connectivity index (χ4v) is 4.27. The molecule has 1 aliphatic heterocycles. The van der Waals surface area contributed by atoms with Crippen molar-refractivity contribution < 1.29 is 38.1 Å². The highest BCUT2D eigenvalue weighted by Crippen LogP contribution is 2.46. The van der Waals surface area contributed by atoms with Crippen LogP contribution in [-0.2, 0) is 19.1 Å². The van der Waals surface area contributed by atoms with Crippen molar-refractivity contribution in [3.05, 3.63) is 95.5 Å². The van der Waals surface area contributed by atoms with Gasteiger partial charge in [0.05, 0.1) is 17.4 Å². The minimum Gasteiger partial charge on any atom is -0.458 e. The van der Waals surface area contributed by atoms with Crippen molar-refractivity contribution in [2.24, 2.45) is 5.92 Å². The van der Waals surface area contributed by atoms with Gasteiger partial charge >= 0.3 is 11.9 Å². The number of amides is 1. The molecule has 1 amide bonds. The lowest BCUT2D eigenvalue weighted by atomic mass is 9.78. The Bertz CT molecular complexity index is 1440. The van der Waals surface area contributed by atoms with Crippen LogP contribution < -0.4 is 9.64 Å². The maximum Gasteiger partial charge on any atom is 0.308 e. The summed E-state index contributed by atoms with van der Waals surface area (Å²) >= 11 is 0. The molecule has 1 aliphatic rings. The van der Waals surface area contributed by atoms with Gasteiger partial charge in [-0.1, -0.05) is 24.3 Å². The number of hydrogen-bond donors (Lipinski definition) is 0. The maximum absolute atomic E-state index is 14.2. The molecule has 0 aliphatic carbocycles. The Labute approximate surface area is 213 Å². The molecule has 0 aromatic heterocycles. The van der Waals surface area contributed by atoms with Gasteiger partial charge < -0.3 is 14.4 Å². The van der Waals surface area contributed by atoms with Crippen molar-refractivity contribution in [2.45, 2.75) is 38.8 Å². The number of halogens is 2. The van der Waals surface area contributed by atoms with Crippen molar-refractivity contribution in [3.8, 4) is 5.75 Å². The average Bonchev–Trinajstić information content (AvgIpc) is 2.91. The number of nitrogens with zero attached hydrogens (tertiary/aromatic N) is 1. The van der Waals surface area contributed by atoms with E-state index >= 15 is 0 Å². The molecule has 3 aromatic rings. The number of esters is 2. The molecule has 0 saturated carbocycles. The SMILES string of the molecule is [2H]c1c([2H])c(N2C(=O)[C@H](CC[C@@H](OC(C)=O)c3ccc(F)cc3)[C@H]2c2ccc(OC(C)=O)cc2)c([2H])c([2H])c1F. The zero-order valence-corrected chi connectivity index (χ0v) is 19.5. The van der Waals surface area contributed by atoms with E-state index in [1.54, 1.807) is 12.1 Å². The van der Waals surface area contributed by atoms with Gasteiger partial charge in [-0.2, -0.15) is 0 Å². The summed E-state index contributed by atoms with van der Waals surface area (Å²) in [5.41, 5.74) is 0.704. The van der Waals surface area contributed by atoms with Gasteiger partial charge in [0.1, 0.15) is 23.5 Å². The van der Waals surface area contributed by atoms with Crippen LogP contribution in [0.25, 0.3) is 0 Å². The van der Waals surface area contributed by atoms with Crippen molar-refractivity contribution >= 4 is 23.5 Å². The topological polar surface area (TPSA) is 72.9 Å². The third-order valence-corrected chi connectivity index (χ3v) is 5.81. The molecular weight excluding hydrogens is 468 g/mol. The normalized spacial score (nSPS) is 19.3. The Hall–Kier alpha value is -4.07. The Kier molecular flexibility index (Phi) is 5.98. The van der Waals surface area contributed by atoms with Gasteiger partial charge in [-0.3, -0.25) is 14.4 Å². The zero-order valence-electron chi connectivity index (χ0n) is 23.5. The molecule has 0 bridgehead atoms. The second-order valence-electron chi connectivity index (χ2n) is 8.31. The minimum absolute atomic E-state index is 0.171. The monoisotopic (exact) mass is 497 g/mol. The molecule has 0 N–H and O–H groups in total. The lowest BCUT2D eigenvalue weighted by molar-refractivity contribution is -0.147. The largest absolute Gasteiger partial charge is 0.458 e. The number of rotatable bonds is 8. The summed E-state index contributed by atoms with van der Waals surface area (Å²) in [5, 5.41) is 0. The zero-order chi connectivity index (χ0) is 29.3. The van der Waals surface area contributed by atoms with Crippen molar-refractivity contribution in [2.75, 3.05) is 4.90 Å². The van der Waals surface area contributed by atoms with Crippen LogP contribution in [0.2, 0.25) is 0 Å². The number of hydrogen-bond acceptors (Lipinski definition) is 5. The van der Waals surface area contributed by atoms with E-state index in [0.717, 1.165) is 4.90 Å². The van der Waals surface area contributed by atoms with Gasteiger partial charge in [0.2, 0.25) is 5.91 Å². The van der Waals surface area contributed by atoms with Crippen LogP contribution in [0.1, 0.15) is 55.4 Å². The van der Waals surface area contributed by atoms with Crippen LogP contribution in [0, 0.1) is 17.6 Å². The molecule has 6 nitrogen and oxygen atoms in total. The molecule has 3 atom stereocenters. The van der Waals surface area contributed by atoms with E-state index in [4.69, 9.17) is 15.0 Å². The van der Waals surface area contributed by atoms with Crippen LogP contribution in [-0.4, -0.2) is 17.8 Å². The van der Waals surface area contributed by atoms with Gasteiger partial charge in [-0.25, -0.2) is 8.78 Å². The second kappa shape index (κ2) is 10.7. The van der Waals surface area contributed by atoms with Crippen LogP contribution in [0.3, 0.4) is 0 Å². The standard InChI is InChI=1S/C28H25F2NO5/c1-17(32)35-24-13-5-20(6-14-24)27-25(28(34)31(27)23-11-9-22(30)10-12-23)15-16-26(36-18(2)33)19-3-7-21(29)8-4-19/h3-14,25-27H,15-16H2,1-2H3/t25-,26-,27-/m1/s1/i9D,10D,11D,12D. The maximum atomic E-state index is 14.2. The highest BCUT2D eigenvalue weighted by atomic mass is 19.1. The minimum atomic E-state index is -1.32. The summed E-state index contributed by atoms with van der Waals surface area (Å²) in [6.07, 6.45) is -0.434. The fourth-order valence-electron chi connectivity index (χ4n) is 4.27. The molecule has 1 saturated heterocycles. The Morgan fingerprint density at radius 3 is 2.17 bits per heavy atom. The Morgan fingerprint density at radius 1 is 0.944 bits per heavy atom. The number of anilines is 1. The van der Waals surface area contributed by atoms with Crippen molar-refractivity contribution in [3.63, 3.8) is 0 Å². The van der Waals surface area contributed by atoms with E-state index < -0.39 is 71.7 Å². The predicted molar refractivity (Wildman–Crippen MR) is 128 cm³/mol. The van der Waals surface area contributed by atoms with Gasteiger partial charge in [0.25, 0.3) is 0 Å². The van der Waals surface area contributed by atoms with Crippen LogP contribution >= 0.6 is 0 Å². The van der Waals surface area contributed by atoms with E-state index in [2.05, 4.69) is 0 Å². The first-order valence-electron chi connectivity index (χ1n) is 13.2. The van der Waals surface area contributed by atoms with Gasteiger partial charge in [-0.15, -0.1) is 0 Å². The molecule has 8 heteroatoms. The summed E-state index contributed by atoms with van der Waals surface area (Å²) in [7, 11) is 0. The fraction of sp³-hybridized carbons (Fsp3) is 0.250. The molecule has 0 radical (unpaired) electrons. The number of carbonyl (C=O) groups excluding carboxylic acids is 3. The van der Waals surface area contributed by atoms with Crippen LogP contribution in [0.5, 0.6) is 5.75 Å². The van der Waals surface area contributed by atoms with E-state index in [9.17, 15) is 23.2 Å². The molecule has 186 valence electrons. The molecule has 1 heterocycles. The molecule has 1 fully saturated rings. The summed E-state index contributed by atoms with van der Waals surface area (Å²) in [6.45, 7) is 2.48. The predicted octanol–water partition coefficient (Wildman–Crippen LogP) is 5.68. The van der Waals surface area contributed by atoms with E-state index in [-0.39, 0.29) is 24.3 Å². The van der Waals surface area contributed by atoms with Crippen molar-refractivity contribution in [1.29, 1.82) is 0 Å². The van der Waals surface area contributed by atoms with Gasteiger partial charge in [0.15, 0.2) is 0 Å². The number of carbonyl (C=O) groups is 3. The van der Waals surface area contributed by atoms with Gasteiger partial charge in [0, 0.05) is 19.5 Å². The molecule has 0 spiro atoms. The third-order valence-electron chi connectivity index (χ3n) is 5.81. The van der Waals surface area contributed by atoms with Crippen molar-refractivity contribution in [1.82, 2.24) is 0 Å². The lowest BCUT2D eigenvalue weighted by Crippen LogP contribution is -2.55. The van der Waals surface area contributed by atoms with E-state index in [1.165, 1.54) is 50.2 Å². The van der Waals surface area contributed by atoms with E-state index in [1.807, 2.05) is 0 Å². The first kappa shape index (κ1) is 20.2. The van der Waals surface area contributed by atoms with Crippen LogP contribution in [0.15, 0.2) is 72.7 Å². The summed E-state index contributed by atoms with van der Waals surface area (Å²) in [4.78, 5) is 37.7.